The third-order valence-electron chi connectivity index (χ3n) is 5.72. The molecule has 4 nitrogen and oxygen atoms in total. The molecule has 2 N–H and O–H groups in total. The van der Waals surface area contributed by atoms with Crippen LogP contribution in [0.2, 0.25) is 0 Å². The Morgan fingerprint density at radius 2 is 1.84 bits per heavy atom. The molecule has 0 unspecified atom stereocenters. The van der Waals surface area contributed by atoms with Gasteiger partial charge in [-0.05, 0) is 54.5 Å². The second-order valence-electron chi connectivity index (χ2n) is 7.21. The van der Waals surface area contributed by atoms with Gasteiger partial charge in [-0.15, -0.1) is 0 Å². The van der Waals surface area contributed by atoms with Crippen molar-refractivity contribution in [3.05, 3.63) is 65.2 Å². The first-order chi connectivity index (χ1) is 12.3. The summed E-state index contributed by atoms with van der Waals surface area (Å²) in [5.74, 6) is 0.283. The van der Waals surface area contributed by atoms with Gasteiger partial charge in [0.2, 0.25) is 0 Å². The predicted molar refractivity (Wildman–Crippen MR) is 97.8 cm³/mol. The smallest absolute Gasteiger partial charge is 0.274 e. The van der Waals surface area contributed by atoms with Gasteiger partial charge in [0.1, 0.15) is 0 Å². The van der Waals surface area contributed by atoms with E-state index in [1.807, 2.05) is 12.1 Å². The zero-order valence-corrected chi connectivity index (χ0v) is 14.3. The minimum Gasteiger partial charge on any atom is -0.364 e. The molecule has 2 aliphatic rings. The highest BCUT2D eigenvalue weighted by atomic mass is 16.5. The molecule has 0 aromatic heterocycles. The molecule has 2 aromatic carbocycles. The van der Waals surface area contributed by atoms with Crippen LogP contribution >= 0.6 is 0 Å². The monoisotopic (exact) mass is 336 g/mol. The number of nitrogens with zero attached hydrogens (tertiary/aromatic N) is 1. The molecule has 1 aliphatic heterocycles. The molecule has 4 rings (SSSR count). The molecule has 0 saturated heterocycles. The number of fused-ring (bicyclic) bond motifs is 2. The van der Waals surface area contributed by atoms with Gasteiger partial charge < -0.3 is 4.90 Å². The van der Waals surface area contributed by atoms with E-state index in [-0.39, 0.29) is 0 Å². The lowest BCUT2D eigenvalue weighted by atomic mass is 9.76. The van der Waals surface area contributed by atoms with Gasteiger partial charge in [-0.2, -0.15) is 0 Å². The molecule has 0 spiro atoms. The van der Waals surface area contributed by atoms with Crippen LogP contribution in [0.25, 0.3) is 0 Å². The van der Waals surface area contributed by atoms with Gasteiger partial charge in [0.15, 0.2) is 0 Å². The Labute approximate surface area is 148 Å². The largest absolute Gasteiger partial charge is 0.364 e. The number of rotatable bonds is 3. The highest BCUT2D eigenvalue weighted by molar-refractivity contribution is 5.93. The average molecular weight is 336 g/mol. The van der Waals surface area contributed by atoms with E-state index in [1.165, 1.54) is 48.9 Å². The minimum atomic E-state index is -0.470. The fraction of sp³-hybridized carbons (Fsp3) is 0.381. The summed E-state index contributed by atoms with van der Waals surface area (Å²) in [7, 11) is 0. The van der Waals surface area contributed by atoms with Crippen LogP contribution in [0.4, 0.5) is 5.69 Å². The lowest BCUT2D eigenvalue weighted by molar-refractivity contribution is 0.0706. The molecular formula is C21H24N2O2. The number of carbonyl (C=O) groups excluding carboxylic acids is 1. The summed E-state index contributed by atoms with van der Waals surface area (Å²) in [6.45, 7) is 0.860. The minimum absolute atomic E-state index is 0.470. The molecule has 2 aromatic rings. The van der Waals surface area contributed by atoms with Gasteiger partial charge in [-0.3, -0.25) is 10.0 Å². The Kier molecular flexibility index (Phi) is 4.45. The van der Waals surface area contributed by atoms with E-state index in [4.69, 9.17) is 5.21 Å². The number of hydrogen-bond acceptors (Lipinski definition) is 3. The lowest BCUT2D eigenvalue weighted by Crippen LogP contribution is -2.46. The third-order valence-corrected chi connectivity index (χ3v) is 5.72. The molecule has 25 heavy (non-hydrogen) atoms. The van der Waals surface area contributed by atoms with E-state index in [0.29, 0.717) is 11.6 Å². The number of amides is 1. The van der Waals surface area contributed by atoms with E-state index in [1.54, 1.807) is 17.6 Å². The van der Waals surface area contributed by atoms with Crippen molar-refractivity contribution >= 4 is 11.6 Å². The predicted octanol–water partition coefficient (Wildman–Crippen LogP) is 3.93. The SMILES string of the molecule is O=C(NO)c1ccc(CN2c3ccccc3C[C@@H]3CCCC[C@H]32)cc1. The van der Waals surface area contributed by atoms with Crippen LogP contribution in [0.5, 0.6) is 0 Å². The van der Waals surface area contributed by atoms with E-state index in [9.17, 15) is 4.79 Å². The third kappa shape index (κ3) is 3.14. The summed E-state index contributed by atoms with van der Waals surface area (Å²) < 4.78 is 0. The molecule has 0 radical (unpaired) electrons. The van der Waals surface area contributed by atoms with Crippen LogP contribution in [0.1, 0.15) is 47.2 Å². The summed E-state index contributed by atoms with van der Waals surface area (Å²) in [5.41, 5.74) is 6.17. The van der Waals surface area contributed by atoms with Gasteiger partial charge in [-0.25, -0.2) is 5.48 Å². The lowest BCUT2D eigenvalue weighted by Gasteiger charge is -2.46. The van der Waals surface area contributed by atoms with E-state index < -0.39 is 5.91 Å². The van der Waals surface area contributed by atoms with Crippen molar-refractivity contribution < 1.29 is 10.0 Å². The van der Waals surface area contributed by atoms with Gasteiger partial charge in [0.25, 0.3) is 5.91 Å². The van der Waals surface area contributed by atoms with Crippen molar-refractivity contribution in [1.29, 1.82) is 0 Å². The molecule has 1 amide bonds. The van der Waals surface area contributed by atoms with Crippen LogP contribution in [-0.4, -0.2) is 17.2 Å². The molecule has 1 heterocycles. The van der Waals surface area contributed by atoms with Gasteiger partial charge in [-0.1, -0.05) is 43.2 Å². The van der Waals surface area contributed by atoms with Crippen molar-refractivity contribution in [1.82, 2.24) is 5.48 Å². The zero-order valence-electron chi connectivity index (χ0n) is 14.3. The number of carbonyl (C=O) groups is 1. The van der Waals surface area contributed by atoms with Crippen LogP contribution in [0.3, 0.4) is 0 Å². The Morgan fingerprint density at radius 3 is 2.64 bits per heavy atom. The zero-order chi connectivity index (χ0) is 17.2. The Balaban J connectivity index is 1.62. The van der Waals surface area contributed by atoms with E-state index in [0.717, 1.165) is 12.5 Å². The number of hydroxylamine groups is 1. The first-order valence-electron chi connectivity index (χ1n) is 9.14. The molecule has 1 aliphatic carbocycles. The maximum absolute atomic E-state index is 11.5. The summed E-state index contributed by atoms with van der Waals surface area (Å²) in [5, 5.41) is 8.75. The molecule has 0 bridgehead atoms. The molecule has 2 atom stereocenters. The standard InChI is InChI=1S/C21H24N2O2/c24-21(22-25)16-11-9-15(10-12-16)14-23-19-7-3-1-5-17(19)13-18-6-2-4-8-20(18)23/h1,3,5,7,9-12,18,20,25H,2,4,6,8,13-14H2,(H,22,24)/t18-,20+/m0/s1. The molecular weight excluding hydrogens is 312 g/mol. The highest BCUT2D eigenvalue weighted by Gasteiger charge is 2.35. The average Bonchev–Trinajstić information content (AvgIpc) is 2.67. The first-order valence-corrected chi connectivity index (χ1v) is 9.14. The quantitative estimate of drug-likeness (QED) is 0.660. The van der Waals surface area contributed by atoms with Crippen molar-refractivity contribution in [3.63, 3.8) is 0 Å². The topological polar surface area (TPSA) is 52.6 Å². The van der Waals surface area contributed by atoms with Crippen LogP contribution in [0, 0.1) is 5.92 Å². The van der Waals surface area contributed by atoms with Crippen LogP contribution < -0.4 is 10.4 Å². The second kappa shape index (κ2) is 6.89. The number of anilines is 1. The van der Waals surface area contributed by atoms with Crippen molar-refractivity contribution in [2.45, 2.75) is 44.7 Å². The van der Waals surface area contributed by atoms with Gasteiger partial charge in [0, 0.05) is 23.8 Å². The summed E-state index contributed by atoms with van der Waals surface area (Å²) in [4.78, 5) is 14.1. The normalized spacial score (nSPS) is 22.0. The molecule has 1 fully saturated rings. The maximum atomic E-state index is 11.5. The van der Waals surface area contributed by atoms with Gasteiger partial charge >= 0.3 is 0 Å². The Bertz CT molecular complexity index is 757. The van der Waals surface area contributed by atoms with Crippen molar-refractivity contribution in [2.24, 2.45) is 5.92 Å². The van der Waals surface area contributed by atoms with Crippen LogP contribution in [-0.2, 0) is 13.0 Å². The van der Waals surface area contributed by atoms with Crippen molar-refractivity contribution in [3.8, 4) is 0 Å². The van der Waals surface area contributed by atoms with Gasteiger partial charge in [0.05, 0.1) is 0 Å². The number of para-hydroxylation sites is 1. The summed E-state index contributed by atoms with van der Waals surface area (Å²) in [6.07, 6.45) is 6.46. The number of nitrogens with one attached hydrogen (secondary N) is 1. The summed E-state index contributed by atoms with van der Waals surface area (Å²) in [6, 6.07) is 16.9. The van der Waals surface area contributed by atoms with Crippen LogP contribution in [0.15, 0.2) is 48.5 Å². The molecule has 130 valence electrons. The molecule has 1 saturated carbocycles. The fourth-order valence-electron chi connectivity index (χ4n) is 4.49. The highest BCUT2D eigenvalue weighted by Crippen LogP contribution is 2.41. The Morgan fingerprint density at radius 1 is 1.08 bits per heavy atom. The first kappa shape index (κ1) is 16.2. The second-order valence-corrected chi connectivity index (χ2v) is 7.21. The molecule has 4 heteroatoms. The Hall–Kier alpha value is -2.33. The maximum Gasteiger partial charge on any atom is 0.274 e. The van der Waals surface area contributed by atoms with Crippen molar-refractivity contribution in [2.75, 3.05) is 4.90 Å². The number of benzene rings is 2. The summed E-state index contributed by atoms with van der Waals surface area (Å²) >= 11 is 0. The fourth-order valence-corrected chi connectivity index (χ4v) is 4.49. The number of hydrogen-bond donors (Lipinski definition) is 2. The van der Waals surface area contributed by atoms with E-state index >= 15 is 0 Å². The van der Waals surface area contributed by atoms with E-state index in [2.05, 4.69) is 29.2 Å².